The second-order valence-electron chi connectivity index (χ2n) is 7.16. The van der Waals surface area contributed by atoms with E-state index in [-0.39, 0.29) is 17.9 Å². The molecule has 0 bridgehead atoms. The van der Waals surface area contributed by atoms with Crippen LogP contribution in [0, 0.1) is 19.8 Å². The van der Waals surface area contributed by atoms with Crippen LogP contribution in [0.5, 0.6) is 0 Å². The van der Waals surface area contributed by atoms with Gasteiger partial charge in [-0.2, -0.15) is 0 Å². The topological polar surface area (TPSA) is 77.2 Å². The fraction of sp³-hybridized carbons (Fsp3) is 0.667. The summed E-state index contributed by atoms with van der Waals surface area (Å²) in [6, 6.07) is 1.97. The Morgan fingerprint density at radius 1 is 1.29 bits per heavy atom. The van der Waals surface area contributed by atoms with Gasteiger partial charge in [0.25, 0.3) is 5.91 Å². The van der Waals surface area contributed by atoms with Crippen molar-refractivity contribution in [2.45, 2.75) is 45.6 Å². The molecule has 6 heteroatoms. The van der Waals surface area contributed by atoms with E-state index in [9.17, 15) is 9.59 Å². The Bertz CT molecular complexity index is 604. The molecule has 2 atom stereocenters. The van der Waals surface area contributed by atoms with Crippen LogP contribution < -0.4 is 10.6 Å². The number of rotatable bonds is 4. The Morgan fingerprint density at radius 3 is 2.79 bits per heavy atom. The average molecular weight is 332 g/mol. The van der Waals surface area contributed by atoms with Crippen LogP contribution in [0.1, 0.15) is 47.4 Å². The van der Waals surface area contributed by atoms with Gasteiger partial charge in [0.15, 0.2) is 0 Å². The SMILES string of the molecule is Cc1cc(C)c(C(=O)N2CCCC(CNC(=O)C3CCCN3)C2)[nH]1. The largest absolute Gasteiger partial charge is 0.354 e. The summed E-state index contributed by atoms with van der Waals surface area (Å²) in [6.45, 7) is 7.03. The van der Waals surface area contributed by atoms with Gasteiger partial charge in [-0.05, 0) is 63.6 Å². The summed E-state index contributed by atoms with van der Waals surface area (Å²) in [5, 5.41) is 6.28. The van der Waals surface area contributed by atoms with Gasteiger partial charge < -0.3 is 20.5 Å². The van der Waals surface area contributed by atoms with E-state index in [0.717, 1.165) is 50.0 Å². The molecule has 0 radical (unpaired) electrons. The number of hydrogen-bond donors (Lipinski definition) is 3. The summed E-state index contributed by atoms with van der Waals surface area (Å²) in [4.78, 5) is 29.9. The van der Waals surface area contributed by atoms with Crippen molar-refractivity contribution in [3.63, 3.8) is 0 Å². The van der Waals surface area contributed by atoms with Gasteiger partial charge in [0, 0.05) is 25.3 Å². The molecule has 6 nitrogen and oxygen atoms in total. The van der Waals surface area contributed by atoms with E-state index in [1.807, 2.05) is 24.8 Å². The van der Waals surface area contributed by atoms with E-state index < -0.39 is 0 Å². The number of piperidine rings is 1. The van der Waals surface area contributed by atoms with Gasteiger partial charge in [0.1, 0.15) is 5.69 Å². The number of aromatic amines is 1. The van der Waals surface area contributed by atoms with Gasteiger partial charge in [-0.25, -0.2) is 0 Å². The van der Waals surface area contributed by atoms with Crippen molar-refractivity contribution in [2.75, 3.05) is 26.2 Å². The molecule has 2 aliphatic rings. The molecule has 2 saturated heterocycles. The van der Waals surface area contributed by atoms with Gasteiger partial charge in [0.2, 0.25) is 5.91 Å². The van der Waals surface area contributed by atoms with Gasteiger partial charge in [-0.15, -0.1) is 0 Å². The molecule has 1 aromatic heterocycles. The summed E-state index contributed by atoms with van der Waals surface area (Å²) in [7, 11) is 0. The molecule has 0 spiro atoms. The van der Waals surface area contributed by atoms with E-state index >= 15 is 0 Å². The molecule has 2 aliphatic heterocycles. The van der Waals surface area contributed by atoms with Crippen LogP contribution >= 0.6 is 0 Å². The van der Waals surface area contributed by atoms with Crippen molar-refractivity contribution in [3.8, 4) is 0 Å². The highest BCUT2D eigenvalue weighted by atomic mass is 16.2. The predicted molar refractivity (Wildman–Crippen MR) is 92.9 cm³/mol. The van der Waals surface area contributed by atoms with Gasteiger partial charge in [0.05, 0.1) is 6.04 Å². The Balaban J connectivity index is 1.53. The van der Waals surface area contributed by atoms with Crippen molar-refractivity contribution < 1.29 is 9.59 Å². The number of nitrogens with one attached hydrogen (secondary N) is 3. The first-order valence-electron chi connectivity index (χ1n) is 9.01. The molecular weight excluding hydrogens is 304 g/mol. The number of H-pyrrole nitrogens is 1. The van der Waals surface area contributed by atoms with Crippen LogP contribution in [0.15, 0.2) is 6.07 Å². The van der Waals surface area contributed by atoms with E-state index in [1.54, 1.807) is 0 Å². The molecule has 2 unspecified atom stereocenters. The van der Waals surface area contributed by atoms with Crippen molar-refractivity contribution >= 4 is 11.8 Å². The molecule has 0 saturated carbocycles. The average Bonchev–Trinajstić information content (AvgIpc) is 3.22. The Kier molecular flexibility index (Phi) is 5.23. The number of likely N-dealkylation sites (tertiary alicyclic amines) is 1. The Labute approximate surface area is 143 Å². The predicted octanol–water partition coefficient (Wildman–Crippen LogP) is 1.35. The van der Waals surface area contributed by atoms with Crippen LogP contribution in [-0.4, -0.2) is 53.9 Å². The number of aryl methyl sites for hydroxylation is 2. The lowest BCUT2D eigenvalue weighted by Gasteiger charge is -2.33. The summed E-state index contributed by atoms with van der Waals surface area (Å²) >= 11 is 0. The smallest absolute Gasteiger partial charge is 0.270 e. The second kappa shape index (κ2) is 7.38. The fourth-order valence-electron chi connectivity index (χ4n) is 3.80. The number of aromatic nitrogens is 1. The highest BCUT2D eigenvalue weighted by Crippen LogP contribution is 2.20. The highest BCUT2D eigenvalue weighted by Gasteiger charge is 2.27. The first kappa shape index (κ1) is 17.0. The normalized spacial score (nSPS) is 24.2. The molecule has 3 N–H and O–H groups in total. The maximum Gasteiger partial charge on any atom is 0.270 e. The monoisotopic (exact) mass is 332 g/mol. The third-order valence-corrected chi connectivity index (χ3v) is 5.11. The molecule has 2 amide bonds. The van der Waals surface area contributed by atoms with Crippen LogP contribution in [0.2, 0.25) is 0 Å². The number of hydrogen-bond acceptors (Lipinski definition) is 3. The Morgan fingerprint density at radius 2 is 2.12 bits per heavy atom. The maximum atomic E-state index is 12.7. The molecular formula is C18H28N4O2. The maximum absolute atomic E-state index is 12.7. The van der Waals surface area contributed by atoms with Crippen LogP contribution in [0.25, 0.3) is 0 Å². The zero-order valence-electron chi connectivity index (χ0n) is 14.7. The van der Waals surface area contributed by atoms with E-state index in [4.69, 9.17) is 0 Å². The molecule has 0 aromatic carbocycles. The first-order chi connectivity index (χ1) is 11.5. The molecule has 132 valence electrons. The number of nitrogens with zero attached hydrogens (tertiary/aromatic N) is 1. The second-order valence-corrected chi connectivity index (χ2v) is 7.16. The van der Waals surface area contributed by atoms with Crippen molar-refractivity contribution in [2.24, 2.45) is 5.92 Å². The molecule has 1 aromatic rings. The van der Waals surface area contributed by atoms with E-state index in [1.165, 1.54) is 0 Å². The lowest BCUT2D eigenvalue weighted by Crippen LogP contribution is -2.46. The minimum atomic E-state index is -0.0316. The third-order valence-electron chi connectivity index (χ3n) is 5.11. The quantitative estimate of drug-likeness (QED) is 0.779. The van der Waals surface area contributed by atoms with Crippen LogP contribution in [0.3, 0.4) is 0 Å². The van der Waals surface area contributed by atoms with Crippen molar-refractivity contribution in [1.29, 1.82) is 0 Å². The minimum absolute atomic E-state index is 0.0316. The summed E-state index contributed by atoms with van der Waals surface area (Å²) in [5.41, 5.74) is 2.72. The Hall–Kier alpha value is -1.82. The molecule has 24 heavy (non-hydrogen) atoms. The number of amides is 2. The van der Waals surface area contributed by atoms with Gasteiger partial charge in [-0.3, -0.25) is 9.59 Å². The summed E-state index contributed by atoms with van der Waals surface area (Å²) < 4.78 is 0. The minimum Gasteiger partial charge on any atom is -0.354 e. The standard InChI is InChI=1S/C18H28N4O2/c1-12-9-13(2)21-16(12)18(24)22-8-4-5-14(11-22)10-20-17(23)15-6-3-7-19-15/h9,14-15,19,21H,3-8,10-11H2,1-2H3,(H,20,23). The van der Waals surface area contributed by atoms with Crippen molar-refractivity contribution in [3.05, 3.63) is 23.0 Å². The molecule has 3 rings (SSSR count). The zero-order chi connectivity index (χ0) is 17.1. The van der Waals surface area contributed by atoms with Crippen LogP contribution in [0.4, 0.5) is 0 Å². The van der Waals surface area contributed by atoms with Gasteiger partial charge in [-0.1, -0.05) is 0 Å². The zero-order valence-corrected chi connectivity index (χ0v) is 14.7. The molecule has 0 aliphatic carbocycles. The van der Waals surface area contributed by atoms with Gasteiger partial charge >= 0.3 is 0 Å². The molecule has 3 heterocycles. The summed E-state index contributed by atoms with van der Waals surface area (Å²) in [5.74, 6) is 0.519. The molecule has 2 fully saturated rings. The summed E-state index contributed by atoms with van der Waals surface area (Å²) in [6.07, 6.45) is 4.04. The van der Waals surface area contributed by atoms with Crippen molar-refractivity contribution in [1.82, 2.24) is 20.5 Å². The lowest BCUT2D eigenvalue weighted by atomic mass is 9.97. The van der Waals surface area contributed by atoms with E-state index in [2.05, 4.69) is 15.6 Å². The number of carbonyl (C=O) groups is 2. The lowest BCUT2D eigenvalue weighted by molar-refractivity contribution is -0.123. The first-order valence-corrected chi connectivity index (χ1v) is 9.01. The third kappa shape index (κ3) is 3.80. The van der Waals surface area contributed by atoms with Crippen LogP contribution in [-0.2, 0) is 4.79 Å². The van der Waals surface area contributed by atoms with E-state index in [0.29, 0.717) is 24.7 Å². The highest BCUT2D eigenvalue weighted by molar-refractivity contribution is 5.94. The number of carbonyl (C=O) groups excluding carboxylic acids is 2. The fourth-order valence-corrected chi connectivity index (χ4v) is 3.80.